The van der Waals surface area contributed by atoms with Gasteiger partial charge in [-0.15, -0.1) is 0 Å². The van der Waals surface area contributed by atoms with Crippen molar-refractivity contribution in [1.82, 2.24) is 0 Å². The molecule has 3 rings (SSSR count). The van der Waals surface area contributed by atoms with Crippen LogP contribution in [0.25, 0.3) is 0 Å². The first-order valence-electron chi connectivity index (χ1n) is 9.88. The lowest BCUT2D eigenvalue weighted by molar-refractivity contribution is -0.122. The van der Waals surface area contributed by atoms with Crippen LogP contribution in [0.1, 0.15) is 23.6 Å². The molecule has 0 spiro atoms. The third-order valence-corrected chi connectivity index (χ3v) is 6.26. The quantitative estimate of drug-likeness (QED) is 0.554. The number of hydrogen-bond acceptors (Lipinski definition) is 4. The standard InChI is InChI=1S/C24H26N2O4S/c1-16-6-5-7-22(14-16)30-19(4)24(27)25-20-10-12-23(13-11-20)31(28,29)26-21-9-8-17(2)18(3)15-21/h5-15,19,26H,1-4H3,(H,25,27)/t19-/m0/s1. The molecule has 1 amide bonds. The van der Waals surface area contributed by atoms with Crippen LogP contribution in [-0.2, 0) is 14.8 Å². The number of nitrogens with one attached hydrogen (secondary N) is 2. The molecule has 0 aromatic heterocycles. The Labute approximate surface area is 183 Å². The van der Waals surface area contributed by atoms with Crippen LogP contribution in [0.4, 0.5) is 11.4 Å². The Morgan fingerprint density at radius 2 is 1.55 bits per heavy atom. The highest BCUT2D eigenvalue weighted by Gasteiger charge is 2.17. The van der Waals surface area contributed by atoms with Crippen LogP contribution in [0, 0.1) is 20.8 Å². The van der Waals surface area contributed by atoms with Crippen LogP contribution < -0.4 is 14.8 Å². The van der Waals surface area contributed by atoms with Crippen molar-refractivity contribution in [2.24, 2.45) is 0 Å². The van der Waals surface area contributed by atoms with Gasteiger partial charge < -0.3 is 10.1 Å². The molecule has 0 aliphatic rings. The lowest BCUT2D eigenvalue weighted by Crippen LogP contribution is -2.30. The summed E-state index contributed by atoms with van der Waals surface area (Å²) in [7, 11) is -3.74. The second-order valence-electron chi connectivity index (χ2n) is 7.49. The minimum Gasteiger partial charge on any atom is -0.481 e. The molecule has 0 unspecified atom stereocenters. The van der Waals surface area contributed by atoms with Gasteiger partial charge in [0.1, 0.15) is 5.75 Å². The third kappa shape index (κ3) is 5.86. The van der Waals surface area contributed by atoms with Crippen LogP contribution in [0.5, 0.6) is 5.75 Å². The predicted octanol–water partition coefficient (Wildman–Crippen LogP) is 4.82. The largest absolute Gasteiger partial charge is 0.481 e. The van der Waals surface area contributed by atoms with E-state index >= 15 is 0 Å². The molecule has 31 heavy (non-hydrogen) atoms. The van der Waals surface area contributed by atoms with E-state index in [2.05, 4.69) is 10.0 Å². The van der Waals surface area contributed by atoms with Crippen molar-refractivity contribution in [2.45, 2.75) is 38.7 Å². The average Bonchev–Trinajstić information content (AvgIpc) is 2.71. The summed E-state index contributed by atoms with van der Waals surface area (Å²) in [4.78, 5) is 12.5. The highest BCUT2D eigenvalue weighted by atomic mass is 32.2. The minimum absolute atomic E-state index is 0.104. The summed E-state index contributed by atoms with van der Waals surface area (Å²) in [5, 5.41) is 2.74. The van der Waals surface area contributed by atoms with Gasteiger partial charge in [0.25, 0.3) is 15.9 Å². The molecule has 6 nitrogen and oxygen atoms in total. The van der Waals surface area contributed by atoms with Gasteiger partial charge in [0, 0.05) is 11.4 Å². The number of carbonyl (C=O) groups excluding carboxylic acids is 1. The maximum Gasteiger partial charge on any atom is 0.265 e. The SMILES string of the molecule is Cc1cccc(O[C@@H](C)C(=O)Nc2ccc(S(=O)(=O)Nc3ccc(C)c(C)c3)cc2)c1. The average molecular weight is 439 g/mol. The van der Waals surface area contributed by atoms with E-state index in [-0.39, 0.29) is 10.8 Å². The van der Waals surface area contributed by atoms with E-state index in [0.717, 1.165) is 16.7 Å². The Morgan fingerprint density at radius 3 is 2.19 bits per heavy atom. The minimum atomic E-state index is -3.74. The second kappa shape index (κ2) is 9.22. The molecule has 3 aromatic rings. The van der Waals surface area contributed by atoms with Crippen LogP contribution in [0.3, 0.4) is 0 Å². The summed E-state index contributed by atoms with van der Waals surface area (Å²) < 4.78 is 33.6. The first-order chi connectivity index (χ1) is 14.6. The van der Waals surface area contributed by atoms with Crippen LogP contribution in [0.15, 0.2) is 71.6 Å². The summed E-state index contributed by atoms with van der Waals surface area (Å²) >= 11 is 0. The van der Waals surface area contributed by atoms with E-state index in [9.17, 15) is 13.2 Å². The first kappa shape index (κ1) is 22.4. The Kier molecular flexibility index (Phi) is 6.65. The third-order valence-electron chi connectivity index (χ3n) is 4.86. The van der Waals surface area contributed by atoms with Crippen molar-refractivity contribution < 1.29 is 17.9 Å². The summed E-state index contributed by atoms with van der Waals surface area (Å²) in [6.45, 7) is 7.49. The fraction of sp³-hybridized carbons (Fsp3) is 0.208. The van der Waals surface area contributed by atoms with Gasteiger partial charge in [-0.05, 0) is 92.9 Å². The highest BCUT2D eigenvalue weighted by molar-refractivity contribution is 7.92. The van der Waals surface area contributed by atoms with Crippen molar-refractivity contribution in [3.63, 3.8) is 0 Å². The van der Waals surface area contributed by atoms with E-state index in [1.807, 2.05) is 45.0 Å². The molecular formula is C24H26N2O4S. The van der Waals surface area contributed by atoms with Crippen LogP contribution >= 0.6 is 0 Å². The molecule has 1 atom stereocenters. The van der Waals surface area contributed by atoms with Gasteiger partial charge in [0.05, 0.1) is 4.90 Å². The van der Waals surface area contributed by atoms with Gasteiger partial charge in [-0.2, -0.15) is 0 Å². The van der Waals surface area contributed by atoms with E-state index in [1.54, 1.807) is 37.3 Å². The molecule has 0 aliphatic heterocycles. The number of hydrogen-bond donors (Lipinski definition) is 2. The number of ether oxygens (including phenoxy) is 1. The maximum absolute atomic E-state index is 12.7. The zero-order chi connectivity index (χ0) is 22.6. The molecule has 0 heterocycles. The van der Waals surface area contributed by atoms with E-state index in [4.69, 9.17) is 4.74 Å². The predicted molar refractivity (Wildman–Crippen MR) is 123 cm³/mol. The Bertz CT molecular complexity index is 1190. The number of benzene rings is 3. The molecule has 7 heteroatoms. The molecule has 0 radical (unpaired) electrons. The number of amides is 1. The molecule has 0 fully saturated rings. The first-order valence-corrected chi connectivity index (χ1v) is 11.4. The normalized spacial score (nSPS) is 12.1. The van der Waals surface area contributed by atoms with Crippen molar-refractivity contribution in [1.29, 1.82) is 0 Å². The van der Waals surface area contributed by atoms with Crippen molar-refractivity contribution in [3.05, 3.63) is 83.4 Å². The van der Waals surface area contributed by atoms with E-state index < -0.39 is 16.1 Å². The molecule has 162 valence electrons. The van der Waals surface area contributed by atoms with Crippen molar-refractivity contribution in [2.75, 3.05) is 10.0 Å². The van der Waals surface area contributed by atoms with Crippen LogP contribution in [-0.4, -0.2) is 20.4 Å². The topological polar surface area (TPSA) is 84.5 Å². The lowest BCUT2D eigenvalue weighted by atomic mass is 10.1. The highest BCUT2D eigenvalue weighted by Crippen LogP contribution is 2.21. The Balaban J connectivity index is 1.64. The molecule has 2 N–H and O–H groups in total. The summed E-state index contributed by atoms with van der Waals surface area (Å²) in [5.41, 5.74) is 4.11. The van der Waals surface area contributed by atoms with Gasteiger partial charge in [-0.25, -0.2) is 8.42 Å². The molecular weight excluding hydrogens is 412 g/mol. The van der Waals surface area contributed by atoms with Crippen molar-refractivity contribution >= 4 is 27.3 Å². The smallest absolute Gasteiger partial charge is 0.265 e. The number of anilines is 2. The molecule has 0 aliphatic carbocycles. The van der Waals surface area contributed by atoms with Crippen molar-refractivity contribution in [3.8, 4) is 5.75 Å². The monoisotopic (exact) mass is 438 g/mol. The summed E-state index contributed by atoms with van der Waals surface area (Å²) in [6.07, 6.45) is -0.711. The summed E-state index contributed by atoms with van der Waals surface area (Å²) in [6, 6.07) is 18.8. The second-order valence-corrected chi connectivity index (χ2v) is 9.18. The zero-order valence-corrected chi connectivity index (χ0v) is 18.8. The molecule has 3 aromatic carbocycles. The number of aryl methyl sites for hydroxylation is 3. The van der Waals surface area contributed by atoms with Gasteiger partial charge in [0.15, 0.2) is 6.10 Å². The Morgan fingerprint density at radius 1 is 0.871 bits per heavy atom. The molecule has 0 bridgehead atoms. The van der Waals surface area contributed by atoms with Gasteiger partial charge >= 0.3 is 0 Å². The van der Waals surface area contributed by atoms with Crippen LogP contribution in [0.2, 0.25) is 0 Å². The Hall–Kier alpha value is -3.32. The number of sulfonamides is 1. The van der Waals surface area contributed by atoms with Gasteiger partial charge in [-0.1, -0.05) is 18.2 Å². The lowest BCUT2D eigenvalue weighted by Gasteiger charge is -2.15. The zero-order valence-electron chi connectivity index (χ0n) is 18.0. The number of rotatable bonds is 7. The van der Waals surface area contributed by atoms with Gasteiger partial charge in [0.2, 0.25) is 0 Å². The van der Waals surface area contributed by atoms with E-state index in [1.165, 1.54) is 12.1 Å². The summed E-state index contributed by atoms with van der Waals surface area (Å²) in [5.74, 6) is 0.284. The fourth-order valence-corrected chi connectivity index (χ4v) is 3.98. The fourth-order valence-electron chi connectivity index (χ4n) is 2.93. The van der Waals surface area contributed by atoms with E-state index in [0.29, 0.717) is 17.1 Å². The number of carbonyl (C=O) groups is 1. The molecule has 0 saturated heterocycles. The maximum atomic E-state index is 12.7. The van der Waals surface area contributed by atoms with Gasteiger partial charge in [-0.3, -0.25) is 9.52 Å². The molecule has 0 saturated carbocycles.